The number of aliphatic hydroxyl groups is 2. The van der Waals surface area contributed by atoms with E-state index in [1.807, 2.05) is 32.0 Å². The molecule has 1 aromatic carbocycles. The van der Waals surface area contributed by atoms with Crippen LogP contribution < -0.4 is 5.32 Å². The van der Waals surface area contributed by atoms with Gasteiger partial charge in [0.15, 0.2) is 11.5 Å². The molecule has 2 aromatic rings. The van der Waals surface area contributed by atoms with E-state index in [2.05, 4.69) is 16.4 Å². The quantitative estimate of drug-likeness (QED) is 0.307. The van der Waals surface area contributed by atoms with Crippen molar-refractivity contribution < 1.29 is 29.0 Å². The maximum Gasteiger partial charge on any atom is 0.309 e. The van der Waals surface area contributed by atoms with E-state index in [0.29, 0.717) is 23.4 Å². The number of hydrogen-bond acceptors (Lipinski definition) is 8. The molecule has 2 unspecified atom stereocenters. The fraction of sp³-hybridized carbons (Fsp3) is 0.607. The smallest absolute Gasteiger partial charge is 0.309 e. The Morgan fingerprint density at radius 1 is 1.11 bits per heavy atom. The number of ketones is 1. The molecule has 2 aliphatic rings. The molecule has 0 bridgehead atoms. The first-order chi connectivity index (χ1) is 16.9. The van der Waals surface area contributed by atoms with Crippen LogP contribution in [0, 0.1) is 24.2 Å². The fourth-order valence-corrected chi connectivity index (χ4v) is 5.34. The molecule has 0 radical (unpaired) electrons. The number of carbonyl (C=O) groups is 2. The van der Waals surface area contributed by atoms with Crippen molar-refractivity contribution in [1.82, 2.24) is 10.3 Å². The lowest BCUT2D eigenvalue weighted by Gasteiger charge is -2.34. The number of nitrogens with zero attached hydrogens (tertiary/aromatic N) is 1. The predicted molar refractivity (Wildman–Crippen MR) is 135 cm³/mol. The van der Waals surface area contributed by atoms with E-state index in [1.165, 1.54) is 0 Å². The van der Waals surface area contributed by atoms with Gasteiger partial charge >= 0.3 is 5.97 Å². The number of hydrogen-bond donors (Lipinski definition) is 3. The van der Waals surface area contributed by atoms with Gasteiger partial charge in [-0.3, -0.25) is 9.59 Å². The standard InChI is InChI=1S/C28H38N2O6/c1-14-7-9-21(18-8-10-22-19(12-18)29-17(4)35-22)36-24(32)13-23(31)28(5,6)27(34)16(3)26(33)15(2)25-20(11-14)30-25/h7-8,10,12,15-16,20-21,23,25-26,30-31,33H,9,11,13H2,1-6H3/b14-7-/t15-,16+,20?,21+,23-,25?,26-/m0/s1. The summed E-state index contributed by atoms with van der Waals surface area (Å²) in [5.74, 6) is -1.11. The highest BCUT2D eigenvalue weighted by Crippen LogP contribution is 2.36. The van der Waals surface area contributed by atoms with Gasteiger partial charge in [0.2, 0.25) is 0 Å². The third kappa shape index (κ3) is 5.41. The lowest BCUT2D eigenvalue weighted by Crippen LogP contribution is -2.46. The Bertz CT molecular complexity index is 1170. The van der Waals surface area contributed by atoms with E-state index in [0.717, 1.165) is 17.6 Å². The lowest BCUT2D eigenvalue weighted by molar-refractivity contribution is -0.155. The highest BCUT2D eigenvalue weighted by molar-refractivity contribution is 5.88. The average molecular weight is 499 g/mol. The molecule has 7 atom stereocenters. The van der Waals surface area contributed by atoms with Crippen molar-refractivity contribution in [2.75, 3.05) is 0 Å². The molecule has 36 heavy (non-hydrogen) atoms. The molecule has 8 heteroatoms. The molecule has 0 saturated carbocycles. The Hall–Kier alpha value is -2.55. The zero-order valence-electron chi connectivity index (χ0n) is 21.9. The molecule has 8 nitrogen and oxygen atoms in total. The van der Waals surface area contributed by atoms with Crippen LogP contribution in [0.4, 0.5) is 0 Å². The third-order valence-corrected chi connectivity index (χ3v) is 7.98. The van der Waals surface area contributed by atoms with E-state index in [9.17, 15) is 19.8 Å². The van der Waals surface area contributed by atoms with Crippen molar-refractivity contribution in [1.29, 1.82) is 0 Å². The molecule has 3 N–H and O–H groups in total. The molecule has 2 aliphatic heterocycles. The first kappa shape index (κ1) is 26.5. The van der Waals surface area contributed by atoms with E-state index in [4.69, 9.17) is 9.15 Å². The zero-order chi connectivity index (χ0) is 26.4. The molecule has 0 aliphatic carbocycles. The first-order valence-electron chi connectivity index (χ1n) is 12.8. The van der Waals surface area contributed by atoms with Gasteiger partial charge in [0.25, 0.3) is 0 Å². The number of aryl methyl sites for hydroxylation is 1. The van der Waals surface area contributed by atoms with Gasteiger partial charge in [0.05, 0.1) is 24.0 Å². The minimum Gasteiger partial charge on any atom is -0.457 e. The van der Waals surface area contributed by atoms with Crippen molar-refractivity contribution in [3.8, 4) is 0 Å². The second kappa shape index (κ2) is 10.1. The van der Waals surface area contributed by atoms with Gasteiger partial charge in [-0.1, -0.05) is 45.4 Å². The minimum absolute atomic E-state index is 0.117. The van der Waals surface area contributed by atoms with Crippen LogP contribution in [0.15, 0.2) is 34.3 Å². The SMILES string of the molecule is C/C1=C/C[C@H](c2ccc3oc(C)nc3c2)OC(=O)C[C@H](O)C(C)(C)C(=O)[C@H](C)[C@@H](O)[C@@H](C)C2NC2C1. The number of oxazole rings is 1. The van der Waals surface area contributed by atoms with E-state index >= 15 is 0 Å². The fourth-order valence-electron chi connectivity index (χ4n) is 5.34. The Kier molecular flexibility index (Phi) is 7.42. The van der Waals surface area contributed by atoms with Crippen LogP contribution >= 0.6 is 0 Å². The van der Waals surface area contributed by atoms with Gasteiger partial charge in [0.1, 0.15) is 17.4 Å². The van der Waals surface area contributed by atoms with Crippen molar-refractivity contribution in [3.63, 3.8) is 0 Å². The number of Topliss-reactive ketones (excluding diaryl/α,β-unsaturated/α-hetero) is 1. The second-order valence-electron chi connectivity index (χ2n) is 11.2. The van der Waals surface area contributed by atoms with Gasteiger partial charge in [-0.05, 0) is 37.0 Å². The number of cyclic esters (lactones) is 1. The Balaban J connectivity index is 1.64. The Morgan fingerprint density at radius 2 is 1.83 bits per heavy atom. The van der Waals surface area contributed by atoms with Crippen LogP contribution in [-0.2, 0) is 14.3 Å². The highest BCUT2D eigenvalue weighted by atomic mass is 16.5. The van der Waals surface area contributed by atoms with Gasteiger partial charge in [-0.2, -0.15) is 0 Å². The Labute approximate surface area is 212 Å². The molecule has 1 saturated heterocycles. The van der Waals surface area contributed by atoms with Gasteiger partial charge in [-0.15, -0.1) is 0 Å². The number of benzene rings is 1. The number of rotatable bonds is 1. The molecule has 1 aromatic heterocycles. The highest BCUT2D eigenvalue weighted by Gasteiger charge is 2.47. The predicted octanol–water partition coefficient (Wildman–Crippen LogP) is 3.78. The molecule has 0 amide bonds. The lowest BCUT2D eigenvalue weighted by atomic mass is 9.73. The summed E-state index contributed by atoms with van der Waals surface area (Å²) in [5.41, 5.74) is 2.05. The summed E-state index contributed by atoms with van der Waals surface area (Å²) in [6.45, 7) is 10.7. The van der Waals surface area contributed by atoms with Crippen LogP contribution in [0.2, 0.25) is 0 Å². The number of ether oxygens (including phenoxy) is 1. The van der Waals surface area contributed by atoms with Crippen molar-refractivity contribution in [2.45, 2.75) is 91.2 Å². The van der Waals surface area contributed by atoms with Crippen LogP contribution in [-0.4, -0.2) is 51.2 Å². The summed E-state index contributed by atoms with van der Waals surface area (Å²) in [6, 6.07) is 5.87. The molecule has 4 rings (SSSR count). The van der Waals surface area contributed by atoms with E-state index in [1.54, 1.807) is 27.7 Å². The molecular weight excluding hydrogens is 460 g/mol. The van der Waals surface area contributed by atoms with Crippen LogP contribution in [0.3, 0.4) is 0 Å². The largest absolute Gasteiger partial charge is 0.457 e. The maximum atomic E-state index is 13.3. The Morgan fingerprint density at radius 3 is 2.56 bits per heavy atom. The number of carbonyl (C=O) groups excluding carboxylic acids is 2. The van der Waals surface area contributed by atoms with E-state index in [-0.39, 0.29) is 30.2 Å². The number of aliphatic hydroxyl groups excluding tert-OH is 2. The van der Waals surface area contributed by atoms with Gasteiger partial charge in [0, 0.05) is 31.3 Å². The number of aromatic nitrogens is 1. The van der Waals surface area contributed by atoms with Gasteiger partial charge in [-0.25, -0.2) is 4.98 Å². The normalized spacial score (nSPS) is 35.6. The minimum atomic E-state index is -1.25. The van der Waals surface area contributed by atoms with Crippen LogP contribution in [0.25, 0.3) is 11.1 Å². The molecule has 0 spiro atoms. The van der Waals surface area contributed by atoms with Crippen LogP contribution in [0.1, 0.15) is 71.4 Å². The summed E-state index contributed by atoms with van der Waals surface area (Å²) in [6.07, 6.45) is 0.341. The summed E-state index contributed by atoms with van der Waals surface area (Å²) >= 11 is 0. The summed E-state index contributed by atoms with van der Waals surface area (Å²) in [4.78, 5) is 30.7. The van der Waals surface area contributed by atoms with Gasteiger partial charge < -0.3 is 24.7 Å². The van der Waals surface area contributed by atoms with Crippen molar-refractivity contribution in [3.05, 3.63) is 41.3 Å². The van der Waals surface area contributed by atoms with Crippen LogP contribution in [0.5, 0.6) is 0 Å². The number of nitrogens with one attached hydrogen (secondary N) is 1. The second-order valence-corrected chi connectivity index (χ2v) is 11.2. The number of esters is 1. The zero-order valence-corrected chi connectivity index (χ0v) is 21.9. The molecule has 3 heterocycles. The number of fused-ring (bicyclic) bond motifs is 2. The molecule has 1 fully saturated rings. The molecule has 196 valence electrons. The summed E-state index contributed by atoms with van der Waals surface area (Å²) in [7, 11) is 0. The molecular formula is C28H38N2O6. The topological polar surface area (TPSA) is 132 Å². The third-order valence-electron chi connectivity index (χ3n) is 7.98. The first-order valence-corrected chi connectivity index (χ1v) is 12.8. The summed E-state index contributed by atoms with van der Waals surface area (Å²) in [5, 5.41) is 25.3. The van der Waals surface area contributed by atoms with E-state index < -0.39 is 35.6 Å². The monoisotopic (exact) mass is 498 g/mol. The van der Waals surface area contributed by atoms with Crippen molar-refractivity contribution >= 4 is 22.9 Å². The average Bonchev–Trinajstić information content (AvgIpc) is 3.48. The van der Waals surface area contributed by atoms with Crippen molar-refractivity contribution in [2.24, 2.45) is 17.3 Å². The maximum absolute atomic E-state index is 13.3. The summed E-state index contributed by atoms with van der Waals surface area (Å²) < 4.78 is 11.4.